The Kier molecular flexibility index (Phi) is 4.23. The fourth-order valence-electron chi connectivity index (χ4n) is 2.22. The van der Waals surface area contributed by atoms with Crippen LogP contribution in [0.25, 0.3) is 0 Å². The van der Waals surface area contributed by atoms with Gasteiger partial charge in [-0.1, -0.05) is 26.7 Å². The zero-order valence-electron chi connectivity index (χ0n) is 9.47. The fraction of sp³-hybridized carbons (Fsp3) is 0.909. The number of hydrogen-bond acceptors (Lipinski definition) is 1. The summed E-state index contributed by atoms with van der Waals surface area (Å²) in [7, 11) is 1.66. The second-order valence-electron chi connectivity index (χ2n) is 4.59. The number of hydrogen-bond donors (Lipinski definition) is 2. The summed E-state index contributed by atoms with van der Waals surface area (Å²) >= 11 is 0. The molecule has 0 radical (unpaired) electrons. The summed E-state index contributed by atoms with van der Waals surface area (Å²) < 4.78 is 0. The lowest BCUT2D eigenvalue weighted by Gasteiger charge is -2.31. The zero-order chi connectivity index (χ0) is 10.6. The van der Waals surface area contributed by atoms with Gasteiger partial charge in [-0.2, -0.15) is 0 Å². The van der Waals surface area contributed by atoms with E-state index in [2.05, 4.69) is 24.5 Å². The van der Waals surface area contributed by atoms with Crippen LogP contribution in [0.15, 0.2) is 0 Å². The van der Waals surface area contributed by atoms with Gasteiger partial charge >= 0.3 is 6.03 Å². The second-order valence-corrected chi connectivity index (χ2v) is 4.59. The predicted octanol–water partition coefficient (Wildman–Crippen LogP) is 2.13. The van der Waals surface area contributed by atoms with Crippen molar-refractivity contribution >= 4 is 6.03 Å². The van der Waals surface area contributed by atoms with Crippen LogP contribution in [0.2, 0.25) is 0 Å². The van der Waals surface area contributed by atoms with E-state index in [0.29, 0.717) is 6.04 Å². The molecule has 2 unspecified atom stereocenters. The molecule has 0 heterocycles. The van der Waals surface area contributed by atoms with Crippen LogP contribution in [0.5, 0.6) is 0 Å². The van der Waals surface area contributed by atoms with Crippen molar-refractivity contribution in [2.75, 3.05) is 7.05 Å². The van der Waals surface area contributed by atoms with E-state index in [1.54, 1.807) is 7.05 Å². The summed E-state index contributed by atoms with van der Waals surface area (Å²) in [5, 5.41) is 5.61. The molecule has 1 aliphatic rings. The lowest BCUT2D eigenvalue weighted by molar-refractivity contribution is 0.213. The van der Waals surface area contributed by atoms with Gasteiger partial charge in [0, 0.05) is 13.1 Å². The molecule has 0 aromatic carbocycles. The highest BCUT2D eigenvalue weighted by Crippen LogP contribution is 2.29. The Morgan fingerprint density at radius 1 is 1.36 bits per heavy atom. The molecule has 1 aliphatic carbocycles. The van der Waals surface area contributed by atoms with Gasteiger partial charge < -0.3 is 10.6 Å². The molecule has 2 atom stereocenters. The first-order valence-electron chi connectivity index (χ1n) is 5.61. The van der Waals surface area contributed by atoms with Crippen molar-refractivity contribution in [3.63, 3.8) is 0 Å². The monoisotopic (exact) mass is 198 g/mol. The van der Waals surface area contributed by atoms with Crippen LogP contribution in [0.1, 0.15) is 39.5 Å². The molecule has 3 heteroatoms. The van der Waals surface area contributed by atoms with Crippen molar-refractivity contribution in [1.29, 1.82) is 0 Å². The highest BCUT2D eigenvalue weighted by Gasteiger charge is 2.24. The van der Waals surface area contributed by atoms with E-state index in [9.17, 15) is 4.79 Å². The molecular formula is C11H22N2O. The van der Waals surface area contributed by atoms with Gasteiger partial charge in [0.1, 0.15) is 0 Å². The van der Waals surface area contributed by atoms with Crippen LogP contribution < -0.4 is 10.6 Å². The molecule has 14 heavy (non-hydrogen) atoms. The number of rotatable bonds is 2. The quantitative estimate of drug-likeness (QED) is 0.701. The summed E-state index contributed by atoms with van der Waals surface area (Å²) in [6.45, 7) is 4.54. The largest absolute Gasteiger partial charge is 0.341 e. The molecule has 0 aliphatic heterocycles. The normalized spacial score (nSPS) is 27.4. The number of amides is 2. The minimum absolute atomic E-state index is 0.0422. The third kappa shape index (κ3) is 3.20. The van der Waals surface area contributed by atoms with Crippen LogP contribution in [0.3, 0.4) is 0 Å². The van der Waals surface area contributed by atoms with Crippen LogP contribution in [-0.2, 0) is 0 Å². The van der Waals surface area contributed by atoms with Crippen LogP contribution in [0, 0.1) is 11.8 Å². The summed E-state index contributed by atoms with van der Waals surface area (Å²) in [6, 6.07) is 0.343. The van der Waals surface area contributed by atoms with Crippen molar-refractivity contribution in [3.05, 3.63) is 0 Å². The molecule has 82 valence electrons. The van der Waals surface area contributed by atoms with Gasteiger partial charge in [-0.3, -0.25) is 0 Å². The highest BCUT2D eigenvalue weighted by molar-refractivity contribution is 5.73. The van der Waals surface area contributed by atoms with Crippen molar-refractivity contribution in [2.24, 2.45) is 11.8 Å². The third-order valence-electron chi connectivity index (χ3n) is 3.22. The zero-order valence-corrected chi connectivity index (χ0v) is 9.47. The smallest absolute Gasteiger partial charge is 0.314 e. The van der Waals surface area contributed by atoms with Crippen molar-refractivity contribution < 1.29 is 4.79 Å². The minimum Gasteiger partial charge on any atom is -0.341 e. The summed E-state index contributed by atoms with van der Waals surface area (Å²) in [5.41, 5.74) is 0. The fourth-order valence-corrected chi connectivity index (χ4v) is 2.22. The Morgan fingerprint density at radius 3 is 2.64 bits per heavy atom. The van der Waals surface area contributed by atoms with Crippen LogP contribution in [0.4, 0.5) is 4.79 Å². The van der Waals surface area contributed by atoms with Crippen LogP contribution in [-0.4, -0.2) is 19.1 Å². The summed E-state index contributed by atoms with van der Waals surface area (Å²) in [4.78, 5) is 11.1. The maximum Gasteiger partial charge on any atom is 0.314 e. The van der Waals surface area contributed by atoms with Gasteiger partial charge in [-0.25, -0.2) is 4.79 Å². The van der Waals surface area contributed by atoms with E-state index >= 15 is 0 Å². The summed E-state index contributed by atoms with van der Waals surface area (Å²) in [5.74, 6) is 1.52. The Hall–Kier alpha value is -0.730. The minimum atomic E-state index is -0.0422. The number of urea groups is 1. The van der Waals surface area contributed by atoms with E-state index in [4.69, 9.17) is 0 Å². The first-order chi connectivity index (χ1) is 6.63. The number of carbonyl (C=O) groups excluding carboxylic acids is 1. The molecule has 0 spiro atoms. The lowest BCUT2D eigenvalue weighted by Crippen LogP contribution is -2.43. The predicted molar refractivity (Wildman–Crippen MR) is 58.2 cm³/mol. The maximum absolute atomic E-state index is 11.1. The topological polar surface area (TPSA) is 41.1 Å². The summed E-state index contributed by atoms with van der Waals surface area (Å²) in [6.07, 6.45) is 4.85. The number of carbonyl (C=O) groups is 1. The standard InChI is InChI=1S/C11H22N2O/c1-8(2)9-5-4-6-10(7-9)13-11(14)12-3/h8-10H,4-7H2,1-3H3,(H2,12,13,14). The molecule has 0 aromatic heterocycles. The van der Waals surface area contributed by atoms with Gasteiger partial charge in [0.05, 0.1) is 0 Å². The molecular weight excluding hydrogens is 176 g/mol. The first kappa shape index (κ1) is 11.3. The molecule has 1 saturated carbocycles. The molecule has 2 amide bonds. The SMILES string of the molecule is CNC(=O)NC1CCCC(C(C)C)C1. The second kappa shape index (κ2) is 5.23. The number of nitrogens with one attached hydrogen (secondary N) is 2. The van der Waals surface area contributed by atoms with Crippen LogP contribution >= 0.6 is 0 Å². The van der Waals surface area contributed by atoms with E-state index in [1.165, 1.54) is 12.8 Å². The molecule has 0 saturated heterocycles. The molecule has 2 N–H and O–H groups in total. The maximum atomic E-state index is 11.1. The first-order valence-corrected chi connectivity index (χ1v) is 5.61. The Bertz CT molecular complexity index is 192. The Labute approximate surface area is 86.6 Å². The molecule has 0 aromatic rings. The van der Waals surface area contributed by atoms with Gasteiger partial charge in [0.25, 0.3) is 0 Å². The molecule has 3 nitrogen and oxygen atoms in total. The molecule has 0 bridgehead atoms. The van der Waals surface area contributed by atoms with E-state index in [-0.39, 0.29) is 6.03 Å². The average Bonchev–Trinajstić information content (AvgIpc) is 2.18. The third-order valence-corrected chi connectivity index (χ3v) is 3.22. The van der Waals surface area contributed by atoms with E-state index in [0.717, 1.165) is 24.7 Å². The van der Waals surface area contributed by atoms with Crippen molar-refractivity contribution in [2.45, 2.75) is 45.6 Å². The Morgan fingerprint density at radius 2 is 2.07 bits per heavy atom. The molecule has 1 rings (SSSR count). The van der Waals surface area contributed by atoms with Gasteiger partial charge in [0.15, 0.2) is 0 Å². The average molecular weight is 198 g/mol. The Balaban J connectivity index is 2.36. The molecule has 1 fully saturated rings. The van der Waals surface area contributed by atoms with Crippen molar-refractivity contribution in [3.8, 4) is 0 Å². The van der Waals surface area contributed by atoms with Crippen molar-refractivity contribution in [1.82, 2.24) is 10.6 Å². The lowest BCUT2D eigenvalue weighted by atomic mass is 9.79. The van der Waals surface area contributed by atoms with Gasteiger partial charge in [-0.15, -0.1) is 0 Å². The van der Waals surface area contributed by atoms with E-state index in [1.807, 2.05) is 0 Å². The van der Waals surface area contributed by atoms with Gasteiger partial charge in [0.2, 0.25) is 0 Å². The van der Waals surface area contributed by atoms with E-state index < -0.39 is 0 Å². The van der Waals surface area contributed by atoms with Gasteiger partial charge in [-0.05, 0) is 24.7 Å². The highest BCUT2D eigenvalue weighted by atomic mass is 16.2.